The monoisotopic (exact) mass is 345 g/mol. The molecule has 0 fully saturated rings. The van der Waals surface area contributed by atoms with E-state index in [1.54, 1.807) is 6.07 Å². The van der Waals surface area contributed by atoms with Crippen molar-refractivity contribution in [2.24, 2.45) is 5.10 Å². The summed E-state index contributed by atoms with van der Waals surface area (Å²) in [7, 11) is 1.42. The van der Waals surface area contributed by atoms with Gasteiger partial charge in [-0.3, -0.25) is 10.1 Å². The normalized spacial score (nSPS) is 10.6. The molecule has 0 amide bonds. The zero-order valence-electron chi connectivity index (χ0n) is 13.7. The van der Waals surface area contributed by atoms with Crippen LogP contribution >= 0.6 is 0 Å². The molecule has 0 bridgehead atoms. The van der Waals surface area contributed by atoms with E-state index in [1.807, 2.05) is 30.3 Å². The quantitative estimate of drug-likeness (QED) is 0.312. The predicted molar refractivity (Wildman–Crippen MR) is 93.1 cm³/mol. The van der Waals surface area contributed by atoms with Gasteiger partial charge in [0.2, 0.25) is 5.75 Å². The lowest BCUT2D eigenvalue weighted by Crippen LogP contribution is -2.11. The van der Waals surface area contributed by atoms with E-state index in [0.717, 1.165) is 5.56 Å². The van der Waals surface area contributed by atoms with Gasteiger partial charge in [0.15, 0.2) is 5.75 Å². The Balaban J connectivity index is 2.27. The SMILES string of the molecule is COc1cc(/C=N/NCCO)cc([N+](=O)[O-])c1OCc1ccccc1. The Morgan fingerprint density at radius 3 is 2.72 bits per heavy atom. The number of hydrazone groups is 1. The van der Waals surface area contributed by atoms with E-state index in [2.05, 4.69) is 10.5 Å². The highest BCUT2D eigenvalue weighted by Crippen LogP contribution is 2.38. The molecule has 0 unspecified atom stereocenters. The molecule has 0 saturated heterocycles. The van der Waals surface area contributed by atoms with Crippen molar-refractivity contribution >= 4 is 11.9 Å². The van der Waals surface area contributed by atoms with E-state index in [4.69, 9.17) is 14.6 Å². The van der Waals surface area contributed by atoms with Gasteiger partial charge in [0.1, 0.15) is 6.61 Å². The van der Waals surface area contributed by atoms with Gasteiger partial charge >= 0.3 is 5.69 Å². The van der Waals surface area contributed by atoms with Crippen molar-refractivity contribution in [2.75, 3.05) is 20.3 Å². The molecular formula is C17H19N3O5. The van der Waals surface area contributed by atoms with Crippen molar-refractivity contribution in [1.82, 2.24) is 5.43 Å². The highest BCUT2D eigenvalue weighted by molar-refractivity contribution is 5.83. The number of nitro benzene ring substituents is 1. The summed E-state index contributed by atoms with van der Waals surface area (Å²) < 4.78 is 10.9. The van der Waals surface area contributed by atoms with Crippen molar-refractivity contribution in [3.05, 3.63) is 63.7 Å². The fourth-order valence-corrected chi connectivity index (χ4v) is 2.08. The van der Waals surface area contributed by atoms with Crippen LogP contribution in [0.15, 0.2) is 47.6 Å². The van der Waals surface area contributed by atoms with Crippen LogP contribution in [0.2, 0.25) is 0 Å². The summed E-state index contributed by atoms with van der Waals surface area (Å²) in [5, 5.41) is 24.0. The summed E-state index contributed by atoms with van der Waals surface area (Å²) in [6, 6.07) is 12.3. The first kappa shape index (κ1) is 18.2. The van der Waals surface area contributed by atoms with Crippen LogP contribution in [0.25, 0.3) is 0 Å². The molecule has 2 rings (SSSR count). The number of methoxy groups -OCH3 is 1. The number of rotatable bonds is 9. The maximum atomic E-state index is 11.4. The highest BCUT2D eigenvalue weighted by atomic mass is 16.6. The summed E-state index contributed by atoms with van der Waals surface area (Å²) in [5.74, 6) is 0.311. The lowest BCUT2D eigenvalue weighted by Gasteiger charge is -2.12. The number of benzene rings is 2. The third-order valence-electron chi connectivity index (χ3n) is 3.23. The Kier molecular flexibility index (Phi) is 6.73. The first-order valence-electron chi connectivity index (χ1n) is 7.55. The molecule has 0 radical (unpaired) electrons. The van der Waals surface area contributed by atoms with E-state index < -0.39 is 4.92 Å². The fourth-order valence-electron chi connectivity index (χ4n) is 2.08. The predicted octanol–water partition coefficient (Wildman–Crippen LogP) is 2.10. The molecule has 0 aliphatic carbocycles. The van der Waals surface area contributed by atoms with Crippen molar-refractivity contribution in [3.8, 4) is 11.5 Å². The van der Waals surface area contributed by atoms with E-state index in [0.29, 0.717) is 5.56 Å². The minimum Gasteiger partial charge on any atom is -0.493 e. The van der Waals surface area contributed by atoms with E-state index in [1.165, 1.54) is 19.4 Å². The fraction of sp³-hybridized carbons (Fsp3) is 0.235. The Hall–Kier alpha value is -3.13. The number of nitrogens with zero attached hydrogens (tertiary/aromatic N) is 2. The Morgan fingerprint density at radius 1 is 1.32 bits per heavy atom. The molecule has 0 atom stereocenters. The van der Waals surface area contributed by atoms with Gasteiger partial charge in [-0.1, -0.05) is 30.3 Å². The summed E-state index contributed by atoms with van der Waals surface area (Å²) in [5.41, 5.74) is 3.76. The molecule has 25 heavy (non-hydrogen) atoms. The van der Waals surface area contributed by atoms with Crippen LogP contribution in [0.1, 0.15) is 11.1 Å². The van der Waals surface area contributed by atoms with Gasteiger partial charge in [0.05, 0.1) is 31.4 Å². The summed E-state index contributed by atoms with van der Waals surface area (Å²) in [4.78, 5) is 10.9. The van der Waals surface area contributed by atoms with Crippen LogP contribution in [-0.2, 0) is 6.61 Å². The summed E-state index contributed by atoms with van der Waals surface area (Å²) in [6.45, 7) is 0.407. The molecule has 8 heteroatoms. The molecule has 2 aromatic carbocycles. The number of aliphatic hydroxyl groups excluding tert-OH is 1. The largest absolute Gasteiger partial charge is 0.493 e. The molecule has 2 N–H and O–H groups in total. The highest BCUT2D eigenvalue weighted by Gasteiger charge is 2.22. The van der Waals surface area contributed by atoms with E-state index in [9.17, 15) is 10.1 Å². The van der Waals surface area contributed by atoms with Gasteiger partial charge in [-0.05, 0) is 11.6 Å². The average molecular weight is 345 g/mol. The molecule has 0 heterocycles. The van der Waals surface area contributed by atoms with E-state index in [-0.39, 0.29) is 36.9 Å². The van der Waals surface area contributed by atoms with Crippen LogP contribution in [0.4, 0.5) is 5.69 Å². The van der Waals surface area contributed by atoms with Gasteiger partial charge in [0.25, 0.3) is 0 Å². The zero-order valence-corrected chi connectivity index (χ0v) is 13.7. The van der Waals surface area contributed by atoms with Gasteiger partial charge in [-0.2, -0.15) is 5.10 Å². The van der Waals surface area contributed by atoms with Gasteiger partial charge in [-0.25, -0.2) is 0 Å². The minimum absolute atomic E-state index is 0.0624. The third-order valence-corrected chi connectivity index (χ3v) is 3.23. The van der Waals surface area contributed by atoms with Crippen molar-refractivity contribution < 1.29 is 19.5 Å². The van der Waals surface area contributed by atoms with Gasteiger partial charge < -0.3 is 20.0 Å². The lowest BCUT2D eigenvalue weighted by atomic mass is 10.1. The summed E-state index contributed by atoms with van der Waals surface area (Å²) >= 11 is 0. The van der Waals surface area contributed by atoms with Crippen molar-refractivity contribution in [2.45, 2.75) is 6.61 Å². The Bertz CT molecular complexity index is 735. The van der Waals surface area contributed by atoms with Crippen LogP contribution in [0.3, 0.4) is 0 Å². The average Bonchev–Trinajstić information content (AvgIpc) is 2.64. The molecule has 0 aliphatic rings. The van der Waals surface area contributed by atoms with Crippen LogP contribution in [0, 0.1) is 10.1 Å². The van der Waals surface area contributed by atoms with Gasteiger partial charge in [-0.15, -0.1) is 0 Å². The number of nitro groups is 1. The second-order valence-electron chi connectivity index (χ2n) is 4.99. The lowest BCUT2D eigenvalue weighted by molar-refractivity contribution is -0.386. The molecule has 0 saturated carbocycles. The second kappa shape index (κ2) is 9.24. The van der Waals surface area contributed by atoms with Crippen molar-refractivity contribution in [3.63, 3.8) is 0 Å². The smallest absolute Gasteiger partial charge is 0.315 e. The molecule has 0 spiro atoms. The maximum absolute atomic E-state index is 11.4. The molecule has 2 aromatic rings. The zero-order chi connectivity index (χ0) is 18.1. The third kappa shape index (κ3) is 5.18. The number of aliphatic hydroxyl groups is 1. The molecule has 0 aromatic heterocycles. The number of nitrogens with one attached hydrogen (secondary N) is 1. The maximum Gasteiger partial charge on any atom is 0.315 e. The number of hydrogen-bond donors (Lipinski definition) is 2. The van der Waals surface area contributed by atoms with E-state index >= 15 is 0 Å². The topological polar surface area (TPSA) is 106 Å². The molecular weight excluding hydrogens is 326 g/mol. The first-order chi connectivity index (χ1) is 12.2. The number of hydrogen-bond acceptors (Lipinski definition) is 7. The molecule has 0 aliphatic heterocycles. The van der Waals surface area contributed by atoms with Crippen LogP contribution in [-0.4, -0.2) is 36.5 Å². The first-order valence-corrected chi connectivity index (χ1v) is 7.55. The van der Waals surface area contributed by atoms with Crippen molar-refractivity contribution in [1.29, 1.82) is 0 Å². The Labute approximate surface area is 144 Å². The molecule has 8 nitrogen and oxygen atoms in total. The van der Waals surface area contributed by atoms with Crippen LogP contribution < -0.4 is 14.9 Å². The molecule has 132 valence electrons. The Morgan fingerprint density at radius 2 is 2.08 bits per heavy atom. The van der Waals surface area contributed by atoms with Crippen LogP contribution in [0.5, 0.6) is 11.5 Å². The minimum atomic E-state index is -0.526. The standard InChI is InChI=1S/C17H19N3O5/c1-24-16-10-14(11-19-18-7-8-21)9-15(20(22)23)17(16)25-12-13-5-3-2-4-6-13/h2-6,9-11,18,21H,7-8,12H2,1H3/b19-11+. The van der Waals surface area contributed by atoms with Gasteiger partial charge in [0, 0.05) is 11.6 Å². The second-order valence-corrected chi connectivity index (χ2v) is 4.99. The number of ether oxygens (including phenoxy) is 2. The summed E-state index contributed by atoms with van der Waals surface area (Å²) in [6.07, 6.45) is 1.41.